The molecule has 140 valence electrons. The number of benzene rings is 3. The van der Waals surface area contributed by atoms with Crippen LogP contribution < -0.4 is 10.3 Å². The van der Waals surface area contributed by atoms with Gasteiger partial charge in [-0.15, -0.1) is 0 Å². The van der Waals surface area contributed by atoms with Gasteiger partial charge in [0.25, 0.3) is 5.56 Å². The van der Waals surface area contributed by atoms with E-state index in [9.17, 15) is 9.18 Å². The number of nitrogens with zero attached hydrogens (tertiary/aromatic N) is 1. The molecule has 5 heteroatoms. The SMILES string of the molecule is Cc1cc(-c2nc3cc(F)ccc3c(=O)[nH]2)cc(C)c1OCc1ccccc1. The summed E-state index contributed by atoms with van der Waals surface area (Å²) in [6.45, 7) is 4.39. The minimum atomic E-state index is -0.423. The van der Waals surface area contributed by atoms with Crippen LogP contribution in [0, 0.1) is 19.7 Å². The average Bonchev–Trinajstić information content (AvgIpc) is 2.67. The van der Waals surface area contributed by atoms with Crippen LogP contribution in [0.5, 0.6) is 5.75 Å². The van der Waals surface area contributed by atoms with Gasteiger partial charge in [-0.1, -0.05) is 30.3 Å². The van der Waals surface area contributed by atoms with Crippen molar-refractivity contribution in [2.75, 3.05) is 0 Å². The normalized spacial score (nSPS) is 11.0. The first-order valence-corrected chi connectivity index (χ1v) is 8.99. The van der Waals surface area contributed by atoms with Gasteiger partial charge in [0.15, 0.2) is 0 Å². The number of rotatable bonds is 4. The van der Waals surface area contributed by atoms with Crippen molar-refractivity contribution in [3.05, 3.63) is 93.5 Å². The smallest absolute Gasteiger partial charge is 0.259 e. The molecule has 4 rings (SSSR count). The largest absolute Gasteiger partial charge is 0.488 e. The number of aromatic nitrogens is 2. The molecule has 0 fully saturated rings. The number of halogens is 1. The maximum Gasteiger partial charge on any atom is 0.259 e. The third kappa shape index (κ3) is 3.51. The molecule has 4 nitrogen and oxygen atoms in total. The maximum absolute atomic E-state index is 13.5. The number of nitrogens with one attached hydrogen (secondary N) is 1. The second-order valence-electron chi connectivity index (χ2n) is 6.79. The van der Waals surface area contributed by atoms with Crippen molar-refractivity contribution in [2.24, 2.45) is 0 Å². The van der Waals surface area contributed by atoms with Crippen molar-refractivity contribution < 1.29 is 9.13 Å². The fourth-order valence-electron chi connectivity index (χ4n) is 3.29. The minimum Gasteiger partial charge on any atom is -0.488 e. The molecule has 1 N–H and O–H groups in total. The van der Waals surface area contributed by atoms with Crippen molar-refractivity contribution in [3.8, 4) is 17.1 Å². The predicted octanol–water partition coefficient (Wildman–Crippen LogP) is 4.93. The molecule has 0 spiro atoms. The van der Waals surface area contributed by atoms with Crippen molar-refractivity contribution in [3.63, 3.8) is 0 Å². The van der Waals surface area contributed by atoms with E-state index in [1.54, 1.807) is 0 Å². The van der Waals surface area contributed by atoms with Crippen LogP contribution in [0.2, 0.25) is 0 Å². The van der Waals surface area contributed by atoms with Gasteiger partial charge in [0, 0.05) is 11.6 Å². The number of H-pyrrole nitrogens is 1. The molecule has 0 saturated heterocycles. The average molecular weight is 374 g/mol. The molecule has 0 amide bonds. The third-order valence-electron chi connectivity index (χ3n) is 4.63. The summed E-state index contributed by atoms with van der Waals surface area (Å²) >= 11 is 0. The zero-order valence-electron chi connectivity index (χ0n) is 15.6. The van der Waals surface area contributed by atoms with Crippen LogP contribution in [-0.4, -0.2) is 9.97 Å². The quantitative estimate of drug-likeness (QED) is 0.551. The van der Waals surface area contributed by atoms with Crippen LogP contribution in [0.15, 0.2) is 65.5 Å². The molecule has 0 atom stereocenters. The fourth-order valence-corrected chi connectivity index (χ4v) is 3.29. The van der Waals surface area contributed by atoms with E-state index in [0.717, 1.165) is 28.0 Å². The lowest BCUT2D eigenvalue weighted by Crippen LogP contribution is -2.10. The van der Waals surface area contributed by atoms with Gasteiger partial charge in [0.05, 0.1) is 10.9 Å². The van der Waals surface area contributed by atoms with Crippen LogP contribution in [0.3, 0.4) is 0 Å². The Kier molecular flexibility index (Phi) is 4.65. The number of aryl methyl sites for hydroxylation is 2. The highest BCUT2D eigenvalue weighted by Gasteiger charge is 2.12. The Morgan fingerprint density at radius 3 is 2.43 bits per heavy atom. The molecule has 0 aliphatic carbocycles. The molecule has 0 aliphatic rings. The van der Waals surface area contributed by atoms with Gasteiger partial charge in [0.1, 0.15) is 24.0 Å². The molecule has 3 aromatic carbocycles. The standard InChI is InChI=1S/C23H19FN2O2/c1-14-10-17(11-15(2)21(14)28-13-16-6-4-3-5-7-16)22-25-20-12-18(24)8-9-19(20)23(27)26-22/h3-12H,13H2,1-2H3,(H,25,26,27). The van der Waals surface area contributed by atoms with E-state index >= 15 is 0 Å². The van der Waals surface area contributed by atoms with Crippen molar-refractivity contribution in [1.29, 1.82) is 0 Å². The number of ether oxygens (including phenoxy) is 1. The number of hydrogen-bond donors (Lipinski definition) is 1. The Morgan fingerprint density at radius 1 is 1.00 bits per heavy atom. The van der Waals surface area contributed by atoms with Crippen LogP contribution in [-0.2, 0) is 6.61 Å². The van der Waals surface area contributed by atoms with E-state index in [0.29, 0.717) is 23.3 Å². The van der Waals surface area contributed by atoms with Gasteiger partial charge in [-0.2, -0.15) is 0 Å². The second-order valence-corrected chi connectivity index (χ2v) is 6.79. The zero-order valence-corrected chi connectivity index (χ0v) is 15.6. The molecular weight excluding hydrogens is 355 g/mol. The lowest BCUT2D eigenvalue weighted by atomic mass is 10.0. The lowest BCUT2D eigenvalue weighted by molar-refractivity contribution is 0.302. The number of aromatic amines is 1. The highest BCUT2D eigenvalue weighted by Crippen LogP contribution is 2.29. The molecule has 4 aromatic rings. The van der Waals surface area contributed by atoms with E-state index in [1.165, 1.54) is 18.2 Å². The summed E-state index contributed by atoms with van der Waals surface area (Å²) in [7, 11) is 0. The van der Waals surface area contributed by atoms with Crippen molar-refractivity contribution >= 4 is 10.9 Å². The first kappa shape index (κ1) is 17.9. The Balaban J connectivity index is 1.70. The van der Waals surface area contributed by atoms with Gasteiger partial charge in [-0.05, 0) is 54.8 Å². The zero-order chi connectivity index (χ0) is 19.7. The summed E-state index contributed by atoms with van der Waals surface area (Å²) in [4.78, 5) is 19.6. The topological polar surface area (TPSA) is 55.0 Å². The molecule has 1 aromatic heterocycles. The van der Waals surface area contributed by atoms with E-state index < -0.39 is 5.82 Å². The van der Waals surface area contributed by atoms with Crippen LogP contribution in [0.1, 0.15) is 16.7 Å². The number of hydrogen-bond acceptors (Lipinski definition) is 3. The summed E-state index contributed by atoms with van der Waals surface area (Å²) < 4.78 is 19.6. The first-order valence-electron chi connectivity index (χ1n) is 8.99. The lowest BCUT2D eigenvalue weighted by Gasteiger charge is -2.14. The van der Waals surface area contributed by atoms with E-state index in [-0.39, 0.29) is 5.56 Å². The van der Waals surface area contributed by atoms with Gasteiger partial charge in [-0.25, -0.2) is 9.37 Å². The van der Waals surface area contributed by atoms with E-state index in [2.05, 4.69) is 9.97 Å². The highest BCUT2D eigenvalue weighted by atomic mass is 19.1. The van der Waals surface area contributed by atoms with Crippen LogP contribution in [0.25, 0.3) is 22.3 Å². The van der Waals surface area contributed by atoms with Crippen molar-refractivity contribution in [1.82, 2.24) is 9.97 Å². The molecule has 28 heavy (non-hydrogen) atoms. The molecule has 0 saturated carbocycles. The second kappa shape index (κ2) is 7.27. The highest BCUT2D eigenvalue weighted by molar-refractivity contribution is 5.79. The molecule has 0 unspecified atom stereocenters. The Hall–Kier alpha value is -3.47. The molecule has 1 heterocycles. The Morgan fingerprint density at radius 2 is 1.71 bits per heavy atom. The van der Waals surface area contributed by atoms with E-state index in [1.807, 2.05) is 56.3 Å². The molecule has 0 radical (unpaired) electrons. The minimum absolute atomic E-state index is 0.292. The van der Waals surface area contributed by atoms with Crippen molar-refractivity contribution in [2.45, 2.75) is 20.5 Å². The fraction of sp³-hybridized carbons (Fsp3) is 0.130. The van der Waals surface area contributed by atoms with E-state index in [4.69, 9.17) is 4.74 Å². The maximum atomic E-state index is 13.5. The Labute approximate surface area is 161 Å². The van der Waals surface area contributed by atoms with Gasteiger partial charge in [-0.3, -0.25) is 4.79 Å². The first-order chi connectivity index (χ1) is 13.5. The molecular formula is C23H19FN2O2. The number of fused-ring (bicyclic) bond motifs is 1. The predicted molar refractivity (Wildman–Crippen MR) is 108 cm³/mol. The summed E-state index contributed by atoms with van der Waals surface area (Å²) in [6.07, 6.45) is 0. The van der Waals surface area contributed by atoms with Gasteiger partial charge < -0.3 is 9.72 Å². The Bertz CT molecular complexity index is 1190. The summed E-state index contributed by atoms with van der Waals surface area (Å²) in [6, 6.07) is 17.8. The van der Waals surface area contributed by atoms with Gasteiger partial charge >= 0.3 is 0 Å². The molecule has 0 bridgehead atoms. The van der Waals surface area contributed by atoms with Crippen LogP contribution in [0.4, 0.5) is 4.39 Å². The third-order valence-corrected chi connectivity index (χ3v) is 4.63. The summed E-state index contributed by atoms with van der Waals surface area (Å²) in [5, 5.41) is 0.362. The summed E-state index contributed by atoms with van der Waals surface area (Å²) in [5.74, 6) is 0.791. The monoisotopic (exact) mass is 374 g/mol. The van der Waals surface area contributed by atoms with Gasteiger partial charge in [0.2, 0.25) is 0 Å². The summed E-state index contributed by atoms with van der Waals surface area (Å²) in [5.41, 5.74) is 3.76. The van der Waals surface area contributed by atoms with Crippen LogP contribution >= 0.6 is 0 Å². The molecule has 0 aliphatic heterocycles.